The molecule has 1 aromatic heterocycles. The second-order valence-electron chi connectivity index (χ2n) is 5.20. The van der Waals surface area contributed by atoms with Crippen LogP contribution in [0.4, 0.5) is 18.3 Å². The van der Waals surface area contributed by atoms with E-state index in [2.05, 4.69) is 9.88 Å². The molecule has 2 heterocycles. The third kappa shape index (κ3) is 3.62. The molecule has 0 saturated carbocycles. The van der Waals surface area contributed by atoms with E-state index in [4.69, 9.17) is 0 Å². The van der Waals surface area contributed by atoms with Crippen molar-refractivity contribution in [3.05, 3.63) is 11.6 Å². The lowest BCUT2D eigenvalue weighted by molar-refractivity contribution is -0.257. The van der Waals surface area contributed by atoms with Crippen LogP contribution < -0.4 is 4.90 Å². The summed E-state index contributed by atoms with van der Waals surface area (Å²) in [5.41, 5.74) is -2.66. The Balaban J connectivity index is 1.93. The lowest BCUT2D eigenvalue weighted by atomic mass is 10.1. The normalized spacial score (nSPS) is 21.6. The molecular formula is C12H18F3N3OS. The standard InChI is InChI=1S/C12H18F3N3OS/c1-11(19,12(13,14)15)9-17-4-2-5-18(7-6-17)10-16-3-8-20-10/h3,8,19H,2,4-7,9H2,1H3/t11-/m0/s1. The maximum absolute atomic E-state index is 12.7. The second kappa shape index (κ2) is 5.87. The number of rotatable bonds is 3. The van der Waals surface area contributed by atoms with Gasteiger partial charge in [-0.05, 0) is 13.3 Å². The molecule has 1 aliphatic rings. The first-order valence-electron chi connectivity index (χ1n) is 6.45. The Morgan fingerprint density at radius 1 is 1.30 bits per heavy atom. The minimum absolute atomic E-state index is 0.387. The molecule has 1 saturated heterocycles. The molecule has 0 radical (unpaired) electrons. The smallest absolute Gasteiger partial charge is 0.380 e. The van der Waals surface area contributed by atoms with E-state index < -0.39 is 11.8 Å². The first-order valence-corrected chi connectivity index (χ1v) is 7.33. The average Bonchev–Trinajstić information content (AvgIpc) is 2.76. The van der Waals surface area contributed by atoms with Gasteiger partial charge in [0, 0.05) is 44.3 Å². The number of aromatic nitrogens is 1. The maximum atomic E-state index is 12.7. The fourth-order valence-electron chi connectivity index (χ4n) is 2.22. The molecule has 0 bridgehead atoms. The number of anilines is 1. The van der Waals surface area contributed by atoms with Gasteiger partial charge < -0.3 is 10.0 Å². The molecule has 1 atom stereocenters. The highest BCUT2D eigenvalue weighted by Gasteiger charge is 2.50. The Hall–Kier alpha value is -0.860. The lowest BCUT2D eigenvalue weighted by Crippen LogP contribution is -2.52. The van der Waals surface area contributed by atoms with Crippen LogP contribution in [0.25, 0.3) is 0 Å². The van der Waals surface area contributed by atoms with E-state index >= 15 is 0 Å². The summed E-state index contributed by atoms with van der Waals surface area (Å²) < 4.78 is 38.1. The van der Waals surface area contributed by atoms with Gasteiger partial charge in [0.25, 0.3) is 0 Å². The van der Waals surface area contributed by atoms with Crippen molar-refractivity contribution < 1.29 is 18.3 Å². The second-order valence-corrected chi connectivity index (χ2v) is 6.08. The Bertz CT molecular complexity index is 422. The fourth-order valence-corrected chi connectivity index (χ4v) is 2.91. The Morgan fingerprint density at radius 3 is 2.65 bits per heavy atom. The van der Waals surface area contributed by atoms with E-state index in [9.17, 15) is 18.3 Å². The third-order valence-corrected chi connectivity index (χ3v) is 4.25. The predicted molar refractivity (Wildman–Crippen MR) is 72.1 cm³/mol. The monoisotopic (exact) mass is 309 g/mol. The van der Waals surface area contributed by atoms with Crippen molar-refractivity contribution in [3.8, 4) is 0 Å². The number of halogens is 3. The van der Waals surface area contributed by atoms with Crippen LogP contribution in [-0.4, -0.2) is 59.5 Å². The van der Waals surface area contributed by atoms with Gasteiger partial charge in [0.15, 0.2) is 10.7 Å². The van der Waals surface area contributed by atoms with E-state index in [-0.39, 0.29) is 6.54 Å². The molecule has 114 valence electrons. The van der Waals surface area contributed by atoms with Gasteiger partial charge in [0.2, 0.25) is 0 Å². The van der Waals surface area contributed by atoms with Crippen molar-refractivity contribution in [1.82, 2.24) is 9.88 Å². The van der Waals surface area contributed by atoms with Crippen LogP contribution in [0.5, 0.6) is 0 Å². The molecule has 0 amide bonds. The Morgan fingerprint density at radius 2 is 2.05 bits per heavy atom. The van der Waals surface area contributed by atoms with Crippen molar-refractivity contribution in [1.29, 1.82) is 0 Å². The number of hydrogen-bond donors (Lipinski definition) is 1. The van der Waals surface area contributed by atoms with E-state index in [0.717, 1.165) is 25.0 Å². The Kier molecular flexibility index (Phi) is 4.55. The lowest BCUT2D eigenvalue weighted by Gasteiger charge is -2.32. The number of thiazole rings is 1. The fraction of sp³-hybridized carbons (Fsp3) is 0.750. The number of β-amino-alcohol motifs (C(OH)–C–C–N with tert-alkyl or cyclic N) is 1. The summed E-state index contributed by atoms with van der Waals surface area (Å²) in [6, 6.07) is 0. The molecule has 4 nitrogen and oxygen atoms in total. The molecule has 8 heteroatoms. The van der Waals surface area contributed by atoms with E-state index in [1.54, 1.807) is 11.1 Å². The zero-order chi connectivity index (χ0) is 14.8. The molecule has 0 aromatic carbocycles. The zero-order valence-electron chi connectivity index (χ0n) is 11.2. The van der Waals surface area contributed by atoms with Crippen molar-refractivity contribution in [2.75, 3.05) is 37.6 Å². The third-order valence-electron chi connectivity index (χ3n) is 3.42. The van der Waals surface area contributed by atoms with Crippen molar-refractivity contribution in [3.63, 3.8) is 0 Å². The van der Waals surface area contributed by atoms with Gasteiger partial charge in [-0.25, -0.2) is 4.98 Å². The SMILES string of the molecule is C[C@](O)(CN1CCCN(c2nccs2)CC1)C(F)(F)F. The molecule has 1 fully saturated rings. The summed E-state index contributed by atoms with van der Waals surface area (Å²) in [4.78, 5) is 7.96. The summed E-state index contributed by atoms with van der Waals surface area (Å²) in [6.45, 7) is 2.89. The van der Waals surface area contributed by atoms with E-state index in [1.165, 1.54) is 11.3 Å². The first-order chi connectivity index (χ1) is 9.29. The van der Waals surface area contributed by atoms with Gasteiger partial charge in [-0.2, -0.15) is 13.2 Å². The molecule has 1 aromatic rings. The molecule has 20 heavy (non-hydrogen) atoms. The van der Waals surface area contributed by atoms with Crippen molar-refractivity contribution in [2.24, 2.45) is 0 Å². The van der Waals surface area contributed by atoms with Gasteiger partial charge in [-0.1, -0.05) is 0 Å². The van der Waals surface area contributed by atoms with E-state index in [1.807, 2.05) is 5.38 Å². The summed E-state index contributed by atoms with van der Waals surface area (Å²) in [6.07, 6.45) is -2.13. The molecular weight excluding hydrogens is 291 g/mol. The van der Waals surface area contributed by atoms with Gasteiger partial charge in [-0.3, -0.25) is 4.90 Å². The summed E-state index contributed by atoms with van der Waals surface area (Å²) in [5.74, 6) is 0. The quantitative estimate of drug-likeness (QED) is 0.927. The van der Waals surface area contributed by atoms with Gasteiger partial charge in [-0.15, -0.1) is 11.3 Å². The topological polar surface area (TPSA) is 39.6 Å². The van der Waals surface area contributed by atoms with Gasteiger partial charge in [0.1, 0.15) is 0 Å². The van der Waals surface area contributed by atoms with E-state index in [0.29, 0.717) is 19.6 Å². The Labute approximate surface area is 119 Å². The van der Waals surface area contributed by atoms with Crippen LogP contribution >= 0.6 is 11.3 Å². The highest BCUT2D eigenvalue weighted by molar-refractivity contribution is 7.13. The average molecular weight is 309 g/mol. The number of aliphatic hydroxyl groups is 1. The minimum Gasteiger partial charge on any atom is -0.380 e. The predicted octanol–water partition coefficient (Wildman–Crippen LogP) is 1.97. The highest BCUT2D eigenvalue weighted by atomic mass is 32.1. The maximum Gasteiger partial charge on any atom is 0.418 e. The zero-order valence-corrected chi connectivity index (χ0v) is 12.0. The molecule has 0 unspecified atom stereocenters. The van der Waals surface area contributed by atoms with Crippen LogP contribution in [-0.2, 0) is 0 Å². The van der Waals surface area contributed by atoms with Crippen LogP contribution in [0.3, 0.4) is 0 Å². The minimum atomic E-state index is -4.60. The first kappa shape index (κ1) is 15.5. The summed E-state index contributed by atoms with van der Waals surface area (Å²) >= 11 is 1.52. The van der Waals surface area contributed by atoms with Crippen LogP contribution in [0.2, 0.25) is 0 Å². The molecule has 1 aliphatic heterocycles. The molecule has 0 spiro atoms. The van der Waals surface area contributed by atoms with Crippen LogP contribution in [0.15, 0.2) is 11.6 Å². The van der Waals surface area contributed by atoms with Gasteiger partial charge in [0.05, 0.1) is 0 Å². The molecule has 0 aliphatic carbocycles. The largest absolute Gasteiger partial charge is 0.418 e. The molecule has 2 rings (SSSR count). The highest BCUT2D eigenvalue weighted by Crippen LogP contribution is 2.31. The summed E-state index contributed by atoms with van der Waals surface area (Å²) in [5, 5.41) is 12.3. The van der Waals surface area contributed by atoms with Gasteiger partial charge >= 0.3 is 6.18 Å². The summed E-state index contributed by atoms with van der Waals surface area (Å²) in [7, 11) is 0. The van der Waals surface area contributed by atoms with Crippen molar-refractivity contribution in [2.45, 2.75) is 25.1 Å². The number of alkyl halides is 3. The molecule has 1 N–H and O–H groups in total. The van der Waals surface area contributed by atoms with Crippen LogP contribution in [0, 0.1) is 0 Å². The van der Waals surface area contributed by atoms with Crippen LogP contribution in [0.1, 0.15) is 13.3 Å². The number of hydrogen-bond acceptors (Lipinski definition) is 5. The van der Waals surface area contributed by atoms with Crippen molar-refractivity contribution >= 4 is 16.5 Å². The number of nitrogens with zero attached hydrogens (tertiary/aromatic N) is 3.